The zero-order chi connectivity index (χ0) is 16.0. The van der Waals surface area contributed by atoms with E-state index in [1.165, 1.54) is 7.05 Å². The number of alkyl halides is 3. The molecule has 0 unspecified atom stereocenters. The van der Waals surface area contributed by atoms with Crippen LogP contribution in [0.25, 0.3) is 0 Å². The van der Waals surface area contributed by atoms with Crippen molar-refractivity contribution in [1.82, 2.24) is 4.98 Å². The second kappa shape index (κ2) is 7.16. The first-order valence-electron chi connectivity index (χ1n) is 6.67. The van der Waals surface area contributed by atoms with Crippen molar-refractivity contribution in [3.8, 4) is 6.07 Å². The molecule has 0 amide bonds. The Morgan fingerprint density at radius 2 is 2.05 bits per heavy atom. The minimum atomic E-state index is -4.43. The summed E-state index contributed by atoms with van der Waals surface area (Å²) in [4.78, 5) is 5.89. The lowest BCUT2D eigenvalue weighted by atomic mass is 10.2. The zero-order valence-electron chi connectivity index (χ0n) is 12.3. The topological polar surface area (TPSA) is 52.0 Å². The minimum Gasteiger partial charge on any atom is -0.373 e. The molecule has 4 nitrogen and oxygen atoms in total. The van der Waals surface area contributed by atoms with Gasteiger partial charge >= 0.3 is 6.18 Å². The van der Waals surface area contributed by atoms with E-state index < -0.39 is 11.7 Å². The Bertz CT molecular complexity index is 506. The molecular weight excluding hydrogens is 281 g/mol. The summed E-state index contributed by atoms with van der Waals surface area (Å²) in [6.07, 6.45) is -4.19. The van der Waals surface area contributed by atoms with Crippen LogP contribution in [0.4, 0.5) is 24.8 Å². The van der Waals surface area contributed by atoms with Crippen molar-refractivity contribution in [3.05, 3.63) is 17.7 Å². The van der Waals surface area contributed by atoms with Crippen LogP contribution in [-0.4, -0.2) is 25.1 Å². The SMILES string of the molecule is CNc1cc(C(F)(F)F)cc(N(CCC#N)CC(C)C)n1. The molecule has 21 heavy (non-hydrogen) atoms. The first kappa shape index (κ1) is 17.1. The van der Waals surface area contributed by atoms with E-state index in [1.807, 2.05) is 19.9 Å². The van der Waals surface area contributed by atoms with Gasteiger partial charge in [-0.05, 0) is 18.1 Å². The van der Waals surface area contributed by atoms with Crippen molar-refractivity contribution in [2.75, 3.05) is 30.4 Å². The van der Waals surface area contributed by atoms with Crippen LogP contribution in [0.2, 0.25) is 0 Å². The Morgan fingerprint density at radius 3 is 2.52 bits per heavy atom. The van der Waals surface area contributed by atoms with E-state index in [2.05, 4.69) is 10.3 Å². The molecule has 0 saturated heterocycles. The maximum Gasteiger partial charge on any atom is 0.416 e. The van der Waals surface area contributed by atoms with Crippen molar-refractivity contribution < 1.29 is 13.2 Å². The molecule has 0 aliphatic carbocycles. The van der Waals surface area contributed by atoms with E-state index in [0.717, 1.165) is 12.1 Å². The fourth-order valence-electron chi connectivity index (χ4n) is 1.89. The average molecular weight is 300 g/mol. The van der Waals surface area contributed by atoms with Gasteiger partial charge in [-0.1, -0.05) is 13.8 Å². The molecule has 1 N–H and O–H groups in total. The maximum atomic E-state index is 12.9. The molecule has 0 aromatic carbocycles. The highest BCUT2D eigenvalue weighted by Crippen LogP contribution is 2.33. The molecule has 0 atom stereocenters. The van der Waals surface area contributed by atoms with Crippen LogP contribution < -0.4 is 10.2 Å². The van der Waals surface area contributed by atoms with Gasteiger partial charge in [-0.3, -0.25) is 0 Å². The Hall–Kier alpha value is -1.97. The van der Waals surface area contributed by atoms with Crippen molar-refractivity contribution in [1.29, 1.82) is 5.26 Å². The number of hydrogen-bond acceptors (Lipinski definition) is 4. The fraction of sp³-hybridized carbons (Fsp3) is 0.571. The number of nitriles is 1. The average Bonchev–Trinajstić information content (AvgIpc) is 2.41. The molecule has 116 valence electrons. The standard InChI is InChI=1S/C14H19F3N4/c1-10(2)9-21(6-4-5-18)13-8-11(14(15,16)17)7-12(19-3)20-13/h7-8,10H,4,6,9H2,1-3H3,(H,19,20). The van der Waals surface area contributed by atoms with Gasteiger partial charge < -0.3 is 10.2 Å². The molecule has 0 saturated carbocycles. The Balaban J connectivity index is 3.19. The van der Waals surface area contributed by atoms with Gasteiger partial charge in [-0.25, -0.2) is 4.98 Å². The van der Waals surface area contributed by atoms with Crippen LogP contribution in [0.1, 0.15) is 25.8 Å². The van der Waals surface area contributed by atoms with E-state index in [4.69, 9.17) is 5.26 Å². The van der Waals surface area contributed by atoms with Crippen LogP contribution in [0.15, 0.2) is 12.1 Å². The number of halogens is 3. The number of pyridine rings is 1. The van der Waals surface area contributed by atoms with E-state index >= 15 is 0 Å². The molecule has 0 spiro atoms. The summed E-state index contributed by atoms with van der Waals surface area (Å²) in [5, 5.41) is 11.3. The smallest absolute Gasteiger partial charge is 0.373 e. The highest BCUT2D eigenvalue weighted by molar-refractivity contribution is 5.51. The second-order valence-electron chi connectivity index (χ2n) is 5.09. The molecular formula is C14H19F3N4. The molecule has 1 aromatic rings. The molecule has 1 heterocycles. The van der Waals surface area contributed by atoms with Gasteiger partial charge in [0, 0.05) is 20.1 Å². The molecule has 1 rings (SSSR count). The lowest BCUT2D eigenvalue weighted by Crippen LogP contribution is -2.30. The van der Waals surface area contributed by atoms with Crippen LogP contribution in [-0.2, 0) is 6.18 Å². The van der Waals surface area contributed by atoms with E-state index in [-0.39, 0.29) is 24.0 Å². The van der Waals surface area contributed by atoms with Crippen LogP contribution >= 0.6 is 0 Å². The Morgan fingerprint density at radius 1 is 1.38 bits per heavy atom. The molecule has 0 radical (unpaired) electrons. The number of rotatable bonds is 6. The molecule has 0 fully saturated rings. The largest absolute Gasteiger partial charge is 0.416 e. The predicted octanol–water partition coefficient (Wildman–Crippen LogP) is 3.52. The predicted molar refractivity (Wildman–Crippen MR) is 76.1 cm³/mol. The quantitative estimate of drug-likeness (QED) is 0.873. The summed E-state index contributed by atoms with van der Waals surface area (Å²) < 4.78 is 38.8. The number of anilines is 2. The highest BCUT2D eigenvalue weighted by Gasteiger charge is 2.32. The lowest BCUT2D eigenvalue weighted by molar-refractivity contribution is -0.137. The highest BCUT2D eigenvalue weighted by atomic mass is 19.4. The summed E-state index contributed by atoms with van der Waals surface area (Å²) in [6, 6.07) is 4.01. The normalized spacial score (nSPS) is 11.3. The third-order valence-electron chi connectivity index (χ3n) is 2.80. The molecule has 1 aromatic heterocycles. The first-order valence-corrected chi connectivity index (χ1v) is 6.67. The minimum absolute atomic E-state index is 0.158. The van der Waals surface area contributed by atoms with Gasteiger partial charge in [-0.2, -0.15) is 18.4 Å². The van der Waals surface area contributed by atoms with Crippen molar-refractivity contribution in [2.45, 2.75) is 26.4 Å². The molecule has 0 bridgehead atoms. The Kier molecular flexibility index (Phi) is 5.82. The van der Waals surface area contributed by atoms with Gasteiger partial charge in [0.2, 0.25) is 0 Å². The van der Waals surface area contributed by atoms with Gasteiger partial charge in [0.05, 0.1) is 18.1 Å². The van der Waals surface area contributed by atoms with Gasteiger partial charge in [-0.15, -0.1) is 0 Å². The number of aromatic nitrogens is 1. The lowest BCUT2D eigenvalue weighted by Gasteiger charge is -2.26. The van der Waals surface area contributed by atoms with Gasteiger partial charge in [0.1, 0.15) is 11.6 Å². The second-order valence-corrected chi connectivity index (χ2v) is 5.09. The van der Waals surface area contributed by atoms with E-state index in [0.29, 0.717) is 13.1 Å². The maximum absolute atomic E-state index is 12.9. The van der Waals surface area contributed by atoms with Crippen molar-refractivity contribution in [2.24, 2.45) is 5.92 Å². The fourth-order valence-corrected chi connectivity index (χ4v) is 1.89. The van der Waals surface area contributed by atoms with Crippen LogP contribution in [0, 0.1) is 17.2 Å². The molecule has 0 aliphatic rings. The summed E-state index contributed by atoms with van der Waals surface area (Å²) >= 11 is 0. The number of hydrogen-bond donors (Lipinski definition) is 1. The van der Waals surface area contributed by atoms with Gasteiger partial charge in [0.15, 0.2) is 0 Å². The first-order chi connectivity index (χ1) is 9.77. The number of nitrogens with zero attached hydrogens (tertiary/aromatic N) is 3. The monoisotopic (exact) mass is 300 g/mol. The number of nitrogens with one attached hydrogen (secondary N) is 1. The van der Waals surface area contributed by atoms with Crippen LogP contribution in [0.3, 0.4) is 0 Å². The summed E-state index contributed by atoms with van der Waals surface area (Å²) in [6.45, 7) is 4.82. The van der Waals surface area contributed by atoms with E-state index in [9.17, 15) is 13.2 Å². The molecule has 0 aliphatic heterocycles. The third kappa shape index (κ3) is 5.14. The van der Waals surface area contributed by atoms with Gasteiger partial charge in [0.25, 0.3) is 0 Å². The zero-order valence-corrected chi connectivity index (χ0v) is 12.3. The summed E-state index contributed by atoms with van der Waals surface area (Å²) in [5.74, 6) is 0.640. The summed E-state index contributed by atoms with van der Waals surface area (Å²) in [5.41, 5.74) is -0.748. The summed E-state index contributed by atoms with van der Waals surface area (Å²) in [7, 11) is 1.52. The van der Waals surface area contributed by atoms with E-state index in [1.54, 1.807) is 4.90 Å². The van der Waals surface area contributed by atoms with Crippen molar-refractivity contribution >= 4 is 11.6 Å². The molecule has 7 heteroatoms. The third-order valence-corrected chi connectivity index (χ3v) is 2.80. The van der Waals surface area contributed by atoms with Crippen molar-refractivity contribution in [3.63, 3.8) is 0 Å². The Labute approximate surface area is 122 Å². The van der Waals surface area contributed by atoms with Crippen LogP contribution in [0.5, 0.6) is 0 Å².